The molecule has 2 rings (SSSR count). The summed E-state index contributed by atoms with van der Waals surface area (Å²) in [7, 11) is 0. The molecule has 106 valence electrons. The van der Waals surface area contributed by atoms with Crippen molar-refractivity contribution in [1.29, 1.82) is 0 Å². The molecule has 0 spiro atoms. The zero-order valence-corrected chi connectivity index (χ0v) is 12.3. The van der Waals surface area contributed by atoms with Crippen LogP contribution in [-0.4, -0.2) is 6.61 Å². The van der Waals surface area contributed by atoms with Crippen LogP contribution in [0.4, 0.5) is 10.1 Å². The van der Waals surface area contributed by atoms with Crippen molar-refractivity contribution in [2.24, 2.45) is 0 Å². The molecule has 0 fully saturated rings. The van der Waals surface area contributed by atoms with Crippen LogP contribution in [0.25, 0.3) is 0 Å². The Labute approximate surface area is 123 Å². The summed E-state index contributed by atoms with van der Waals surface area (Å²) in [6, 6.07) is 10.4. The fraction of sp³-hybridized carbons (Fsp3) is 0.250. The highest BCUT2D eigenvalue weighted by Crippen LogP contribution is 2.27. The molecular weight excluding hydrogens is 277 g/mol. The van der Waals surface area contributed by atoms with Gasteiger partial charge in [0.25, 0.3) is 0 Å². The highest BCUT2D eigenvalue weighted by molar-refractivity contribution is 6.30. The molecule has 0 aliphatic heterocycles. The summed E-state index contributed by atoms with van der Waals surface area (Å²) in [6.07, 6.45) is 0. The first-order valence-electron chi connectivity index (χ1n) is 6.51. The molecule has 0 heterocycles. The molecule has 0 saturated carbocycles. The lowest BCUT2D eigenvalue weighted by atomic mass is 10.2. The minimum absolute atomic E-state index is 0.271. The van der Waals surface area contributed by atoms with E-state index >= 15 is 0 Å². The summed E-state index contributed by atoms with van der Waals surface area (Å²) < 4.78 is 19.2. The monoisotopic (exact) mass is 293 g/mol. The molecule has 2 aromatic rings. The van der Waals surface area contributed by atoms with Crippen molar-refractivity contribution < 1.29 is 9.13 Å². The van der Waals surface area contributed by atoms with Crippen LogP contribution in [-0.2, 0) is 6.54 Å². The summed E-state index contributed by atoms with van der Waals surface area (Å²) >= 11 is 5.88. The van der Waals surface area contributed by atoms with Gasteiger partial charge in [0.2, 0.25) is 0 Å². The normalized spacial score (nSPS) is 10.4. The van der Waals surface area contributed by atoms with E-state index in [1.54, 1.807) is 6.07 Å². The number of nitrogens with one attached hydrogen (secondary N) is 1. The third kappa shape index (κ3) is 3.64. The number of benzene rings is 2. The van der Waals surface area contributed by atoms with E-state index in [-0.39, 0.29) is 5.82 Å². The van der Waals surface area contributed by atoms with Gasteiger partial charge in [-0.05, 0) is 49.7 Å². The second-order valence-corrected chi connectivity index (χ2v) is 4.96. The smallest absolute Gasteiger partial charge is 0.142 e. The molecule has 20 heavy (non-hydrogen) atoms. The van der Waals surface area contributed by atoms with Crippen LogP contribution in [0.1, 0.15) is 18.1 Å². The van der Waals surface area contributed by atoms with Gasteiger partial charge in [-0.15, -0.1) is 0 Å². The van der Waals surface area contributed by atoms with Gasteiger partial charge in [0.1, 0.15) is 11.6 Å². The number of hydrogen-bond acceptors (Lipinski definition) is 2. The average molecular weight is 294 g/mol. The van der Waals surface area contributed by atoms with E-state index in [1.165, 1.54) is 12.1 Å². The molecule has 0 aliphatic rings. The SMILES string of the molecule is CCOc1cc(C)ccc1NCc1cc(Cl)ccc1F. The minimum Gasteiger partial charge on any atom is -0.492 e. The van der Waals surface area contributed by atoms with Gasteiger partial charge in [-0.2, -0.15) is 0 Å². The van der Waals surface area contributed by atoms with Crippen molar-refractivity contribution >= 4 is 17.3 Å². The average Bonchev–Trinajstić information content (AvgIpc) is 2.42. The van der Waals surface area contributed by atoms with Crippen LogP contribution in [0.15, 0.2) is 36.4 Å². The second-order valence-electron chi connectivity index (χ2n) is 4.52. The van der Waals surface area contributed by atoms with E-state index in [9.17, 15) is 4.39 Å². The van der Waals surface area contributed by atoms with Gasteiger partial charge in [-0.25, -0.2) is 4.39 Å². The van der Waals surface area contributed by atoms with E-state index in [0.717, 1.165) is 17.0 Å². The quantitative estimate of drug-likeness (QED) is 0.855. The summed E-state index contributed by atoms with van der Waals surface area (Å²) in [5.74, 6) is 0.502. The molecule has 0 unspecified atom stereocenters. The maximum absolute atomic E-state index is 13.7. The van der Waals surface area contributed by atoms with Crippen molar-refractivity contribution in [3.05, 3.63) is 58.4 Å². The Bertz CT molecular complexity index is 601. The fourth-order valence-electron chi connectivity index (χ4n) is 1.92. The Kier molecular flexibility index (Phi) is 4.85. The van der Waals surface area contributed by atoms with Gasteiger partial charge >= 0.3 is 0 Å². The Hall–Kier alpha value is -1.74. The van der Waals surface area contributed by atoms with Crippen LogP contribution >= 0.6 is 11.6 Å². The maximum atomic E-state index is 13.7. The second kappa shape index (κ2) is 6.62. The van der Waals surface area contributed by atoms with Gasteiger partial charge in [0.05, 0.1) is 12.3 Å². The van der Waals surface area contributed by atoms with Gasteiger partial charge in [-0.3, -0.25) is 0 Å². The lowest BCUT2D eigenvalue weighted by Crippen LogP contribution is -2.04. The van der Waals surface area contributed by atoms with Crippen molar-refractivity contribution in [1.82, 2.24) is 0 Å². The molecule has 0 amide bonds. The Morgan fingerprint density at radius 3 is 2.75 bits per heavy atom. The fourth-order valence-corrected chi connectivity index (χ4v) is 2.11. The summed E-state index contributed by atoms with van der Waals surface area (Å²) in [4.78, 5) is 0. The lowest BCUT2D eigenvalue weighted by molar-refractivity contribution is 0.341. The molecule has 0 saturated heterocycles. The van der Waals surface area contributed by atoms with Gasteiger partial charge < -0.3 is 10.1 Å². The Balaban J connectivity index is 2.16. The Morgan fingerprint density at radius 2 is 2.00 bits per heavy atom. The van der Waals surface area contributed by atoms with Gasteiger partial charge in [0.15, 0.2) is 0 Å². The summed E-state index contributed by atoms with van der Waals surface area (Å²) in [5.41, 5.74) is 2.49. The largest absolute Gasteiger partial charge is 0.492 e. The molecule has 2 aromatic carbocycles. The van der Waals surface area contributed by atoms with Crippen molar-refractivity contribution in [3.8, 4) is 5.75 Å². The lowest BCUT2D eigenvalue weighted by Gasteiger charge is -2.13. The molecule has 1 N–H and O–H groups in total. The van der Waals surface area contributed by atoms with Crippen molar-refractivity contribution in [3.63, 3.8) is 0 Å². The topological polar surface area (TPSA) is 21.3 Å². The zero-order chi connectivity index (χ0) is 14.5. The predicted molar refractivity (Wildman–Crippen MR) is 81.1 cm³/mol. The van der Waals surface area contributed by atoms with E-state index < -0.39 is 0 Å². The number of ether oxygens (including phenoxy) is 1. The Morgan fingerprint density at radius 1 is 1.20 bits per heavy atom. The van der Waals surface area contributed by atoms with Crippen LogP contribution in [0, 0.1) is 12.7 Å². The third-order valence-electron chi connectivity index (χ3n) is 2.91. The maximum Gasteiger partial charge on any atom is 0.142 e. The minimum atomic E-state index is -0.271. The number of aryl methyl sites for hydroxylation is 1. The summed E-state index contributed by atoms with van der Waals surface area (Å²) in [6.45, 7) is 4.88. The molecule has 2 nitrogen and oxygen atoms in total. The molecular formula is C16H17ClFNO. The number of anilines is 1. The molecule has 0 radical (unpaired) electrons. The first-order valence-corrected chi connectivity index (χ1v) is 6.89. The highest BCUT2D eigenvalue weighted by Gasteiger charge is 2.06. The zero-order valence-electron chi connectivity index (χ0n) is 11.5. The van der Waals surface area contributed by atoms with Crippen LogP contribution in [0.5, 0.6) is 5.75 Å². The number of rotatable bonds is 5. The van der Waals surface area contributed by atoms with Crippen LogP contribution in [0.3, 0.4) is 0 Å². The van der Waals surface area contributed by atoms with Crippen LogP contribution in [0.2, 0.25) is 5.02 Å². The van der Waals surface area contributed by atoms with Crippen LogP contribution < -0.4 is 10.1 Å². The molecule has 0 bridgehead atoms. The number of hydrogen-bond donors (Lipinski definition) is 1. The van der Waals surface area contributed by atoms with E-state index in [2.05, 4.69) is 5.32 Å². The van der Waals surface area contributed by atoms with Crippen molar-refractivity contribution in [2.75, 3.05) is 11.9 Å². The predicted octanol–water partition coefficient (Wildman–Crippen LogP) is 4.80. The third-order valence-corrected chi connectivity index (χ3v) is 3.15. The highest BCUT2D eigenvalue weighted by atomic mass is 35.5. The first kappa shape index (κ1) is 14.7. The molecule has 0 atom stereocenters. The molecule has 0 aliphatic carbocycles. The van der Waals surface area contributed by atoms with E-state index in [4.69, 9.17) is 16.3 Å². The standard InChI is InChI=1S/C16H17ClFNO/c1-3-20-16-8-11(2)4-7-15(16)19-10-12-9-13(17)5-6-14(12)18/h4-9,19H,3,10H2,1-2H3. The van der Waals surface area contributed by atoms with E-state index in [0.29, 0.717) is 23.7 Å². The number of halogens is 2. The summed E-state index contributed by atoms with van der Waals surface area (Å²) in [5, 5.41) is 3.71. The molecule has 0 aromatic heterocycles. The van der Waals surface area contributed by atoms with Gasteiger partial charge in [0, 0.05) is 17.1 Å². The molecule has 4 heteroatoms. The van der Waals surface area contributed by atoms with Crippen molar-refractivity contribution in [2.45, 2.75) is 20.4 Å². The first-order chi connectivity index (χ1) is 9.60. The van der Waals surface area contributed by atoms with E-state index in [1.807, 2.05) is 32.0 Å². The van der Waals surface area contributed by atoms with Gasteiger partial charge in [-0.1, -0.05) is 17.7 Å².